The zero-order valence-corrected chi connectivity index (χ0v) is 11.8. The highest BCUT2D eigenvalue weighted by Gasteiger charge is 2.21. The van der Waals surface area contributed by atoms with E-state index in [9.17, 15) is 0 Å². The average Bonchev–Trinajstić information content (AvgIpc) is 3.20. The van der Waals surface area contributed by atoms with Crippen molar-refractivity contribution in [2.24, 2.45) is 0 Å². The van der Waals surface area contributed by atoms with Gasteiger partial charge in [-0.3, -0.25) is 0 Å². The summed E-state index contributed by atoms with van der Waals surface area (Å²) < 4.78 is 11.0. The maximum absolute atomic E-state index is 5.76. The number of nitrogens with one attached hydrogen (secondary N) is 1. The van der Waals surface area contributed by atoms with E-state index < -0.39 is 0 Å². The third-order valence-electron chi connectivity index (χ3n) is 3.15. The first-order valence-electron chi connectivity index (χ1n) is 7.04. The van der Waals surface area contributed by atoms with E-state index in [1.54, 1.807) is 18.4 Å². The molecule has 5 heteroatoms. The van der Waals surface area contributed by atoms with E-state index in [4.69, 9.17) is 8.83 Å². The van der Waals surface area contributed by atoms with Crippen molar-refractivity contribution in [1.29, 1.82) is 0 Å². The van der Waals surface area contributed by atoms with Crippen molar-refractivity contribution in [1.82, 2.24) is 15.5 Å². The third kappa shape index (κ3) is 3.03. The maximum Gasteiger partial charge on any atom is 0.283 e. The van der Waals surface area contributed by atoms with Gasteiger partial charge in [0.15, 0.2) is 5.76 Å². The molecule has 108 valence electrons. The number of furan rings is 1. The van der Waals surface area contributed by atoms with Crippen LogP contribution in [0.3, 0.4) is 0 Å². The van der Waals surface area contributed by atoms with Crippen molar-refractivity contribution in [2.45, 2.75) is 19.4 Å². The number of aromatic nitrogens is 2. The van der Waals surface area contributed by atoms with E-state index >= 15 is 0 Å². The second-order valence-corrected chi connectivity index (χ2v) is 4.72. The Morgan fingerprint density at radius 1 is 1.10 bits per heavy atom. The Balaban J connectivity index is 1.90. The van der Waals surface area contributed by atoms with Gasteiger partial charge in [-0.1, -0.05) is 37.3 Å². The van der Waals surface area contributed by atoms with Crippen LogP contribution in [0.15, 0.2) is 57.6 Å². The molecule has 0 spiro atoms. The van der Waals surface area contributed by atoms with Crippen LogP contribution >= 0.6 is 0 Å². The minimum Gasteiger partial charge on any atom is -0.459 e. The molecule has 0 bridgehead atoms. The van der Waals surface area contributed by atoms with Crippen molar-refractivity contribution in [3.8, 4) is 11.7 Å². The van der Waals surface area contributed by atoms with Crippen LogP contribution in [-0.4, -0.2) is 16.7 Å². The van der Waals surface area contributed by atoms with Gasteiger partial charge in [-0.05, 0) is 30.7 Å². The zero-order chi connectivity index (χ0) is 14.5. The Morgan fingerprint density at radius 3 is 2.67 bits per heavy atom. The summed E-state index contributed by atoms with van der Waals surface area (Å²) in [6, 6.07) is 13.6. The minimum absolute atomic E-state index is 0.109. The fourth-order valence-corrected chi connectivity index (χ4v) is 2.13. The molecule has 1 atom stereocenters. The molecule has 2 heterocycles. The topological polar surface area (TPSA) is 64.1 Å². The van der Waals surface area contributed by atoms with Gasteiger partial charge in [-0.15, -0.1) is 10.2 Å². The summed E-state index contributed by atoms with van der Waals surface area (Å²) in [7, 11) is 0. The Kier molecular flexibility index (Phi) is 4.12. The molecule has 0 aliphatic heterocycles. The second kappa shape index (κ2) is 6.37. The van der Waals surface area contributed by atoms with E-state index in [2.05, 4.69) is 22.4 Å². The van der Waals surface area contributed by atoms with Crippen molar-refractivity contribution < 1.29 is 8.83 Å². The number of rotatable bonds is 6. The van der Waals surface area contributed by atoms with Crippen molar-refractivity contribution in [2.75, 3.05) is 6.54 Å². The summed E-state index contributed by atoms with van der Waals surface area (Å²) in [4.78, 5) is 0. The van der Waals surface area contributed by atoms with E-state index in [-0.39, 0.29) is 6.04 Å². The number of nitrogens with zero attached hydrogens (tertiary/aromatic N) is 2. The molecule has 0 aliphatic rings. The normalized spacial score (nSPS) is 12.4. The molecule has 0 fully saturated rings. The molecule has 5 nitrogen and oxygen atoms in total. The molecule has 1 N–H and O–H groups in total. The van der Waals surface area contributed by atoms with Gasteiger partial charge in [-0.2, -0.15) is 0 Å². The quantitative estimate of drug-likeness (QED) is 0.751. The van der Waals surface area contributed by atoms with E-state index in [0.717, 1.165) is 18.5 Å². The Morgan fingerprint density at radius 2 is 1.95 bits per heavy atom. The molecule has 0 saturated carbocycles. The summed E-state index contributed by atoms with van der Waals surface area (Å²) in [6.45, 7) is 3.00. The van der Waals surface area contributed by atoms with Gasteiger partial charge in [0.1, 0.15) is 6.04 Å². The predicted molar refractivity (Wildman–Crippen MR) is 78.6 cm³/mol. The lowest BCUT2D eigenvalue weighted by atomic mass is 10.1. The predicted octanol–water partition coefficient (Wildman–Crippen LogP) is 3.42. The van der Waals surface area contributed by atoms with Gasteiger partial charge in [0.25, 0.3) is 5.89 Å². The molecular formula is C16H17N3O2. The number of hydrogen-bond acceptors (Lipinski definition) is 5. The number of benzene rings is 1. The van der Waals surface area contributed by atoms with Crippen molar-refractivity contribution in [3.05, 3.63) is 60.2 Å². The summed E-state index contributed by atoms with van der Waals surface area (Å²) in [6.07, 6.45) is 2.62. The van der Waals surface area contributed by atoms with Crippen LogP contribution in [0.25, 0.3) is 11.7 Å². The van der Waals surface area contributed by atoms with E-state index in [1.165, 1.54) is 0 Å². The van der Waals surface area contributed by atoms with Crippen LogP contribution < -0.4 is 5.32 Å². The monoisotopic (exact) mass is 283 g/mol. The Hall–Kier alpha value is -2.40. The molecular weight excluding hydrogens is 266 g/mol. The zero-order valence-electron chi connectivity index (χ0n) is 11.8. The standard InChI is InChI=1S/C16H17N3O2/c1-2-10-17-14(12-7-4-3-5-8-12)16-19-18-15(21-16)13-9-6-11-20-13/h3-9,11,14,17H,2,10H2,1H3. The van der Waals surface area contributed by atoms with Crippen LogP contribution in [0.5, 0.6) is 0 Å². The van der Waals surface area contributed by atoms with Crippen LogP contribution in [0, 0.1) is 0 Å². The first-order valence-corrected chi connectivity index (χ1v) is 7.04. The molecule has 0 aliphatic carbocycles. The van der Waals surface area contributed by atoms with Gasteiger partial charge in [-0.25, -0.2) is 0 Å². The van der Waals surface area contributed by atoms with E-state index in [0.29, 0.717) is 17.5 Å². The summed E-state index contributed by atoms with van der Waals surface area (Å²) in [5.41, 5.74) is 1.10. The summed E-state index contributed by atoms with van der Waals surface area (Å²) in [5.74, 6) is 1.52. The molecule has 0 radical (unpaired) electrons. The van der Waals surface area contributed by atoms with Crippen molar-refractivity contribution in [3.63, 3.8) is 0 Å². The molecule has 3 rings (SSSR count). The van der Waals surface area contributed by atoms with Gasteiger partial charge in [0, 0.05) is 0 Å². The Bertz CT molecular complexity index is 662. The number of hydrogen-bond donors (Lipinski definition) is 1. The van der Waals surface area contributed by atoms with Crippen LogP contribution in [-0.2, 0) is 0 Å². The van der Waals surface area contributed by atoms with Crippen molar-refractivity contribution >= 4 is 0 Å². The first-order chi connectivity index (χ1) is 10.4. The molecule has 1 unspecified atom stereocenters. The van der Waals surface area contributed by atoms with Crippen LogP contribution in [0.1, 0.15) is 30.8 Å². The lowest BCUT2D eigenvalue weighted by Crippen LogP contribution is -2.23. The Labute approximate surface area is 123 Å². The molecule has 1 aromatic carbocycles. The molecule has 3 aromatic rings. The first kappa shape index (κ1) is 13.6. The molecule has 0 saturated heterocycles. The fraction of sp³-hybridized carbons (Fsp3) is 0.250. The molecule has 2 aromatic heterocycles. The summed E-state index contributed by atoms with van der Waals surface area (Å²) in [5, 5.41) is 11.7. The average molecular weight is 283 g/mol. The van der Waals surface area contributed by atoms with Crippen LogP contribution in [0.2, 0.25) is 0 Å². The SMILES string of the molecule is CCCNC(c1ccccc1)c1nnc(-c2ccco2)o1. The van der Waals surface area contributed by atoms with Gasteiger partial charge < -0.3 is 14.2 Å². The third-order valence-corrected chi connectivity index (χ3v) is 3.15. The second-order valence-electron chi connectivity index (χ2n) is 4.72. The fourth-order valence-electron chi connectivity index (χ4n) is 2.13. The maximum atomic E-state index is 5.76. The highest BCUT2D eigenvalue weighted by Crippen LogP contribution is 2.25. The largest absolute Gasteiger partial charge is 0.459 e. The smallest absolute Gasteiger partial charge is 0.283 e. The lowest BCUT2D eigenvalue weighted by Gasteiger charge is -2.14. The lowest BCUT2D eigenvalue weighted by molar-refractivity contribution is 0.429. The highest BCUT2D eigenvalue weighted by molar-refractivity contribution is 5.42. The molecule has 21 heavy (non-hydrogen) atoms. The van der Waals surface area contributed by atoms with Crippen LogP contribution in [0.4, 0.5) is 0 Å². The minimum atomic E-state index is -0.109. The summed E-state index contributed by atoms with van der Waals surface area (Å²) >= 11 is 0. The molecule has 0 amide bonds. The highest BCUT2D eigenvalue weighted by atomic mass is 16.4. The van der Waals surface area contributed by atoms with Gasteiger partial charge in [0.2, 0.25) is 5.89 Å². The van der Waals surface area contributed by atoms with E-state index in [1.807, 2.05) is 30.3 Å². The van der Waals surface area contributed by atoms with Gasteiger partial charge >= 0.3 is 0 Å². The van der Waals surface area contributed by atoms with Gasteiger partial charge in [0.05, 0.1) is 6.26 Å².